The number of nitrogens with zero attached hydrogens (tertiary/aromatic N) is 3. The van der Waals surface area contributed by atoms with Gasteiger partial charge in [0.25, 0.3) is 0 Å². The molecule has 1 atom stereocenters. The summed E-state index contributed by atoms with van der Waals surface area (Å²) < 4.78 is 0. The monoisotopic (exact) mass is 413 g/mol. The second-order valence-corrected chi connectivity index (χ2v) is 8.83. The number of phenols is 1. The molecule has 1 unspecified atom stereocenters. The van der Waals surface area contributed by atoms with Gasteiger partial charge in [-0.05, 0) is 53.8 Å². The van der Waals surface area contributed by atoms with Crippen molar-refractivity contribution in [1.82, 2.24) is 15.0 Å². The minimum atomic E-state index is -1.69. The highest BCUT2D eigenvalue weighted by atomic mass is 35.5. The van der Waals surface area contributed by atoms with Crippen molar-refractivity contribution in [3.05, 3.63) is 59.1 Å². The summed E-state index contributed by atoms with van der Waals surface area (Å²) in [5.41, 5.74) is 0.971. The fraction of sp³-hybridized carbons (Fsp3) is 0.318. The van der Waals surface area contributed by atoms with Crippen LogP contribution in [0.1, 0.15) is 38.8 Å². The Morgan fingerprint density at radius 1 is 1.17 bits per heavy atom. The summed E-state index contributed by atoms with van der Waals surface area (Å²) in [6.07, 6.45) is 1.00. The first-order valence-electron chi connectivity index (χ1n) is 9.21. The molecule has 29 heavy (non-hydrogen) atoms. The lowest BCUT2D eigenvalue weighted by Crippen LogP contribution is -2.36. The molecule has 0 saturated heterocycles. The molecule has 2 N–H and O–H groups in total. The fourth-order valence-corrected chi connectivity index (χ4v) is 3.24. The number of aliphatic hydroxyl groups is 1. The van der Waals surface area contributed by atoms with E-state index in [0.29, 0.717) is 27.3 Å². The van der Waals surface area contributed by atoms with Crippen molar-refractivity contribution in [1.29, 1.82) is 0 Å². The number of ketones is 1. The van der Waals surface area contributed by atoms with Crippen molar-refractivity contribution < 1.29 is 15.0 Å². The first-order valence-corrected chi connectivity index (χ1v) is 9.59. The fourth-order valence-electron chi connectivity index (χ4n) is 3.07. The molecule has 0 spiro atoms. The molecule has 152 valence electrons. The molecule has 0 amide bonds. The van der Waals surface area contributed by atoms with E-state index in [4.69, 9.17) is 11.6 Å². The molecule has 0 fully saturated rings. The summed E-state index contributed by atoms with van der Waals surface area (Å²) in [6.45, 7) is 10.9. The van der Waals surface area contributed by atoms with E-state index in [-0.39, 0.29) is 17.6 Å². The van der Waals surface area contributed by atoms with E-state index < -0.39 is 11.4 Å². The number of aromatic nitrogens is 3. The second kappa shape index (κ2) is 7.28. The third-order valence-corrected chi connectivity index (χ3v) is 5.08. The molecule has 7 heteroatoms. The SMILES string of the molecule is C=CC(=O)C(C)(O)Cc1cc(C(C)(C)C)cc(-n2nc3ccc(Cl)cc3n2)c1O. The molecule has 0 bridgehead atoms. The molecule has 3 rings (SSSR count). The Kier molecular flexibility index (Phi) is 5.28. The number of fused-ring (bicyclic) bond motifs is 1. The van der Waals surface area contributed by atoms with Crippen LogP contribution in [0.2, 0.25) is 5.02 Å². The Hall–Kier alpha value is -2.70. The number of carbonyl (C=O) groups excluding carboxylic acids is 1. The lowest BCUT2D eigenvalue weighted by molar-refractivity contribution is -0.130. The van der Waals surface area contributed by atoms with Gasteiger partial charge < -0.3 is 10.2 Å². The predicted octanol–water partition coefficient (Wildman–Crippen LogP) is 4.13. The van der Waals surface area contributed by atoms with Crippen LogP contribution in [-0.4, -0.2) is 36.6 Å². The summed E-state index contributed by atoms with van der Waals surface area (Å²) in [5, 5.41) is 30.9. The topological polar surface area (TPSA) is 88.2 Å². The van der Waals surface area contributed by atoms with E-state index in [1.807, 2.05) is 26.8 Å². The van der Waals surface area contributed by atoms with E-state index in [9.17, 15) is 15.0 Å². The summed E-state index contributed by atoms with van der Waals surface area (Å²) in [6, 6.07) is 8.77. The largest absolute Gasteiger partial charge is 0.505 e. The van der Waals surface area contributed by atoms with Gasteiger partial charge in [0, 0.05) is 11.4 Å². The first kappa shape index (κ1) is 21.0. The summed E-state index contributed by atoms with van der Waals surface area (Å²) in [4.78, 5) is 13.4. The molecule has 3 aromatic rings. The molecular formula is C22H24ClN3O3. The second-order valence-electron chi connectivity index (χ2n) is 8.39. The van der Waals surface area contributed by atoms with E-state index in [2.05, 4.69) is 16.8 Å². The Morgan fingerprint density at radius 3 is 2.45 bits per heavy atom. The lowest BCUT2D eigenvalue weighted by atomic mass is 9.83. The highest BCUT2D eigenvalue weighted by Crippen LogP contribution is 2.35. The average molecular weight is 414 g/mol. The van der Waals surface area contributed by atoms with Gasteiger partial charge in [0.15, 0.2) is 5.78 Å². The number of aromatic hydroxyl groups is 1. The molecule has 0 saturated carbocycles. The van der Waals surface area contributed by atoms with Crippen LogP contribution in [0, 0.1) is 0 Å². The van der Waals surface area contributed by atoms with Gasteiger partial charge in [-0.25, -0.2) is 0 Å². The van der Waals surface area contributed by atoms with Crippen LogP contribution in [0.3, 0.4) is 0 Å². The van der Waals surface area contributed by atoms with E-state index in [1.165, 1.54) is 11.7 Å². The van der Waals surface area contributed by atoms with Gasteiger partial charge in [-0.3, -0.25) is 4.79 Å². The maximum atomic E-state index is 12.0. The molecule has 0 aliphatic heterocycles. The molecule has 1 aromatic heterocycles. The quantitative estimate of drug-likeness (QED) is 0.614. The van der Waals surface area contributed by atoms with Crippen LogP contribution in [-0.2, 0) is 16.6 Å². The Labute approximate surface area is 174 Å². The molecule has 6 nitrogen and oxygen atoms in total. The Morgan fingerprint density at radius 2 is 1.83 bits per heavy atom. The number of carbonyl (C=O) groups is 1. The number of rotatable bonds is 5. The molecule has 0 aliphatic carbocycles. The first-order chi connectivity index (χ1) is 13.4. The zero-order valence-electron chi connectivity index (χ0n) is 16.9. The van der Waals surface area contributed by atoms with Gasteiger partial charge in [0.05, 0.1) is 0 Å². The van der Waals surface area contributed by atoms with Crippen molar-refractivity contribution in [3.63, 3.8) is 0 Å². The van der Waals surface area contributed by atoms with Gasteiger partial charge in [-0.1, -0.05) is 45.0 Å². The predicted molar refractivity (Wildman–Crippen MR) is 114 cm³/mol. The molecule has 0 aliphatic rings. The number of benzene rings is 2. The van der Waals surface area contributed by atoms with Crippen LogP contribution in [0.15, 0.2) is 43.0 Å². The van der Waals surface area contributed by atoms with Gasteiger partial charge in [0.2, 0.25) is 0 Å². The van der Waals surface area contributed by atoms with Gasteiger partial charge in [-0.2, -0.15) is 0 Å². The van der Waals surface area contributed by atoms with Crippen molar-refractivity contribution in [2.45, 2.75) is 45.1 Å². The zero-order valence-corrected chi connectivity index (χ0v) is 17.7. The minimum absolute atomic E-state index is 0.0762. The van der Waals surface area contributed by atoms with Crippen molar-refractivity contribution >= 4 is 28.4 Å². The van der Waals surface area contributed by atoms with Crippen LogP contribution >= 0.6 is 11.6 Å². The highest BCUT2D eigenvalue weighted by Gasteiger charge is 2.31. The highest BCUT2D eigenvalue weighted by molar-refractivity contribution is 6.31. The number of hydrogen-bond acceptors (Lipinski definition) is 5. The standard InChI is InChI=1S/C22H24ClN3O3/c1-6-19(27)22(5,29)12-13-9-14(21(2,3)4)10-18(20(13)28)26-24-16-8-7-15(23)11-17(16)25-26/h6-11,28-29H,1,12H2,2-5H3. The molecule has 2 aromatic carbocycles. The van der Waals surface area contributed by atoms with Crippen LogP contribution in [0.4, 0.5) is 0 Å². The van der Waals surface area contributed by atoms with Crippen molar-refractivity contribution in [2.75, 3.05) is 0 Å². The minimum Gasteiger partial charge on any atom is -0.505 e. The molecule has 1 heterocycles. The summed E-state index contributed by atoms with van der Waals surface area (Å²) >= 11 is 6.04. The molecule has 0 radical (unpaired) electrons. The Bertz CT molecular complexity index is 1110. The van der Waals surface area contributed by atoms with Gasteiger partial charge >= 0.3 is 0 Å². The van der Waals surface area contributed by atoms with Crippen LogP contribution in [0.5, 0.6) is 5.75 Å². The van der Waals surface area contributed by atoms with Gasteiger partial charge in [0.1, 0.15) is 28.1 Å². The zero-order chi connectivity index (χ0) is 21.6. The van der Waals surface area contributed by atoms with Gasteiger partial charge in [-0.15, -0.1) is 15.0 Å². The van der Waals surface area contributed by atoms with Crippen molar-refractivity contribution in [2.24, 2.45) is 0 Å². The van der Waals surface area contributed by atoms with E-state index >= 15 is 0 Å². The van der Waals surface area contributed by atoms with E-state index in [0.717, 1.165) is 11.6 Å². The maximum absolute atomic E-state index is 12.0. The van der Waals surface area contributed by atoms with Crippen LogP contribution < -0.4 is 0 Å². The Balaban J connectivity index is 2.20. The third-order valence-electron chi connectivity index (χ3n) is 4.84. The summed E-state index contributed by atoms with van der Waals surface area (Å²) in [5.74, 6) is -0.612. The van der Waals surface area contributed by atoms with Crippen LogP contribution in [0.25, 0.3) is 16.7 Å². The normalized spacial score (nSPS) is 14.0. The summed E-state index contributed by atoms with van der Waals surface area (Å²) in [7, 11) is 0. The molecular weight excluding hydrogens is 390 g/mol. The number of halogens is 1. The third kappa shape index (κ3) is 4.18. The number of hydrogen-bond donors (Lipinski definition) is 2. The maximum Gasteiger partial charge on any atom is 0.186 e. The average Bonchev–Trinajstić information content (AvgIpc) is 3.04. The van der Waals surface area contributed by atoms with Crippen molar-refractivity contribution in [3.8, 4) is 11.4 Å². The number of phenolic OH excluding ortho intramolecular Hbond substituents is 1. The van der Waals surface area contributed by atoms with E-state index in [1.54, 1.807) is 24.3 Å². The lowest BCUT2D eigenvalue weighted by Gasteiger charge is -2.25. The smallest absolute Gasteiger partial charge is 0.186 e.